The maximum absolute atomic E-state index is 12.4. The van der Waals surface area contributed by atoms with E-state index < -0.39 is 30.6 Å². The first-order chi connectivity index (χ1) is 9.78. The van der Waals surface area contributed by atoms with Crippen LogP contribution in [0, 0.1) is 5.92 Å². The third kappa shape index (κ3) is 5.43. The Bertz CT molecular complexity index is 374. The zero-order valence-corrected chi connectivity index (χ0v) is 12.3. The van der Waals surface area contributed by atoms with Gasteiger partial charge in [0, 0.05) is 19.6 Å². The van der Waals surface area contributed by atoms with Crippen molar-refractivity contribution in [2.75, 3.05) is 32.8 Å². The van der Waals surface area contributed by atoms with Gasteiger partial charge in [-0.1, -0.05) is 0 Å². The number of ether oxygens (including phenoxy) is 1. The molecule has 122 valence electrons. The van der Waals surface area contributed by atoms with Crippen LogP contribution < -0.4 is 0 Å². The number of carbonyl (C=O) groups is 2. The summed E-state index contributed by atoms with van der Waals surface area (Å²) in [4.78, 5) is 26.0. The van der Waals surface area contributed by atoms with Crippen molar-refractivity contribution in [3.8, 4) is 0 Å². The van der Waals surface area contributed by atoms with Crippen molar-refractivity contribution in [1.82, 2.24) is 9.80 Å². The van der Waals surface area contributed by atoms with Crippen molar-refractivity contribution in [2.45, 2.75) is 32.9 Å². The molecule has 1 aliphatic rings. The number of rotatable bonds is 4. The number of likely N-dealkylation sites (tertiary alicyclic amines) is 1. The first kappa shape index (κ1) is 17.6. The number of alkyl halides is 3. The smallest absolute Gasteiger partial charge is 0.409 e. The molecule has 0 radical (unpaired) electrons. The Hall–Kier alpha value is -1.47. The Morgan fingerprint density at radius 1 is 1.33 bits per heavy atom. The first-order valence-corrected chi connectivity index (χ1v) is 7.05. The van der Waals surface area contributed by atoms with Crippen LogP contribution in [0.5, 0.6) is 0 Å². The molecule has 2 amide bonds. The van der Waals surface area contributed by atoms with Crippen LogP contribution in [0.25, 0.3) is 0 Å². The van der Waals surface area contributed by atoms with E-state index in [4.69, 9.17) is 4.74 Å². The molecule has 0 N–H and O–H groups in total. The highest BCUT2D eigenvalue weighted by Gasteiger charge is 2.36. The average Bonchev–Trinajstić information content (AvgIpc) is 2.43. The average molecular weight is 310 g/mol. The molecule has 0 aromatic rings. The van der Waals surface area contributed by atoms with Crippen LogP contribution in [-0.4, -0.2) is 60.8 Å². The van der Waals surface area contributed by atoms with E-state index in [1.807, 2.05) is 0 Å². The van der Waals surface area contributed by atoms with E-state index in [1.54, 1.807) is 6.92 Å². The maximum atomic E-state index is 12.4. The van der Waals surface area contributed by atoms with Gasteiger partial charge in [0.15, 0.2) is 0 Å². The molecule has 0 spiro atoms. The first-order valence-electron chi connectivity index (χ1n) is 7.05. The second-order valence-corrected chi connectivity index (χ2v) is 4.95. The number of hydrogen-bond donors (Lipinski definition) is 0. The van der Waals surface area contributed by atoms with Crippen molar-refractivity contribution < 1.29 is 27.5 Å². The number of amides is 2. The van der Waals surface area contributed by atoms with Gasteiger partial charge in [-0.3, -0.25) is 4.79 Å². The van der Waals surface area contributed by atoms with Gasteiger partial charge >= 0.3 is 12.3 Å². The second-order valence-electron chi connectivity index (χ2n) is 4.95. The van der Waals surface area contributed by atoms with E-state index in [1.165, 1.54) is 11.8 Å². The van der Waals surface area contributed by atoms with Gasteiger partial charge in [0.1, 0.15) is 6.54 Å². The SMILES string of the molecule is CCOC(=O)N1CCCC(C(=O)N(CC)CC(F)(F)F)C1. The molecule has 1 fully saturated rings. The standard InChI is InChI=1S/C13H21F3N2O3/c1-3-17(9-13(14,15)16)11(19)10-6-5-7-18(8-10)12(20)21-4-2/h10H,3-9H2,1-2H3. The van der Waals surface area contributed by atoms with Crippen LogP contribution in [0.15, 0.2) is 0 Å². The molecule has 1 saturated heterocycles. The minimum absolute atomic E-state index is 0.00570. The van der Waals surface area contributed by atoms with E-state index >= 15 is 0 Å². The third-order valence-corrected chi connectivity index (χ3v) is 3.36. The summed E-state index contributed by atoms with van der Waals surface area (Å²) in [5, 5.41) is 0. The van der Waals surface area contributed by atoms with Crippen LogP contribution in [-0.2, 0) is 9.53 Å². The van der Waals surface area contributed by atoms with Gasteiger partial charge < -0.3 is 14.5 Å². The fourth-order valence-electron chi connectivity index (χ4n) is 2.38. The van der Waals surface area contributed by atoms with Crippen LogP contribution >= 0.6 is 0 Å². The molecule has 1 atom stereocenters. The zero-order chi connectivity index (χ0) is 16.0. The van der Waals surface area contributed by atoms with Gasteiger partial charge in [0.05, 0.1) is 12.5 Å². The minimum Gasteiger partial charge on any atom is -0.450 e. The molecule has 0 aromatic carbocycles. The lowest BCUT2D eigenvalue weighted by atomic mass is 9.96. The third-order valence-electron chi connectivity index (χ3n) is 3.36. The van der Waals surface area contributed by atoms with Gasteiger partial charge in [-0.05, 0) is 26.7 Å². The highest BCUT2D eigenvalue weighted by Crippen LogP contribution is 2.22. The molecule has 21 heavy (non-hydrogen) atoms. The fourth-order valence-corrected chi connectivity index (χ4v) is 2.38. The van der Waals surface area contributed by atoms with Crippen LogP contribution in [0.3, 0.4) is 0 Å². The largest absolute Gasteiger partial charge is 0.450 e. The van der Waals surface area contributed by atoms with Crippen LogP contribution in [0.2, 0.25) is 0 Å². The molecule has 1 unspecified atom stereocenters. The van der Waals surface area contributed by atoms with E-state index in [-0.39, 0.29) is 19.7 Å². The monoisotopic (exact) mass is 310 g/mol. The Balaban J connectivity index is 2.65. The number of piperidine rings is 1. The molecule has 0 bridgehead atoms. The van der Waals surface area contributed by atoms with Gasteiger partial charge in [-0.15, -0.1) is 0 Å². The summed E-state index contributed by atoms with van der Waals surface area (Å²) in [7, 11) is 0. The predicted octanol–water partition coefficient (Wildman–Crippen LogP) is 2.27. The molecule has 1 heterocycles. The Labute approximate surface area is 122 Å². The van der Waals surface area contributed by atoms with E-state index in [9.17, 15) is 22.8 Å². The molecular weight excluding hydrogens is 289 g/mol. The van der Waals surface area contributed by atoms with Crippen molar-refractivity contribution >= 4 is 12.0 Å². The summed E-state index contributed by atoms with van der Waals surface area (Å²) < 4.78 is 42.2. The lowest BCUT2D eigenvalue weighted by Gasteiger charge is -2.34. The molecular formula is C13H21F3N2O3. The highest BCUT2D eigenvalue weighted by molar-refractivity contribution is 5.80. The maximum Gasteiger partial charge on any atom is 0.409 e. The van der Waals surface area contributed by atoms with Gasteiger partial charge in [0.2, 0.25) is 5.91 Å². The quantitative estimate of drug-likeness (QED) is 0.800. The van der Waals surface area contributed by atoms with Crippen molar-refractivity contribution in [3.05, 3.63) is 0 Å². The van der Waals surface area contributed by atoms with E-state index in [0.717, 1.165) is 4.90 Å². The molecule has 1 aliphatic heterocycles. The second kappa shape index (κ2) is 7.51. The topological polar surface area (TPSA) is 49.9 Å². The fraction of sp³-hybridized carbons (Fsp3) is 0.846. The Morgan fingerprint density at radius 2 is 2.00 bits per heavy atom. The van der Waals surface area contributed by atoms with Gasteiger partial charge in [-0.25, -0.2) is 4.79 Å². The molecule has 1 rings (SSSR count). The summed E-state index contributed by atoms with van der Waals surface area (Å²) >= 11 is 0. The zero-order valence-electron chi connectivity index (χ0n) is 12.3. The van der Waals surface area contributed by atoms with Gasteiger partial charge in [-0.2, -0.15) is 13.2 Å². The van der Waals surface area contributed by atoms with Crippen molar-refractivity contribution in [2.24, 2.45) is 5.92 Å². The van der Waals surface area contributed by atoms with Gasteiger partial charge in [0.25, 0.3) is 0 Å². The molecule has 0 aromatic heterocycles. The Kier molecular flexibility index (Phi) is 6.29. The summed E-state index contributed by atoms with van der Waals surface area (Å²) in [5.41, 5.74) is 0. The number of hydrogen-bond acceptors (Lipinski definition) is 3. The number of nitrogens with zero attached hydrogens (tertiary/aromatic N) is 2. The predicted molar refractivity (Wildman–Crippen MR) is 69.6 cm³/mol. The summed E-state index contributed by atoms with van der Waals surface area (Å²) in [6.45, 7) is 2.73. The van der Waals surface area contributed by atoms with E-state index in [2.05, 4.69) is 0 Å². The van der Waals surface area contributed by atoms with Crippen molar-refractivity contribution in [1.29, 1.82) is 0 Å². The normalized spacial score (nSPS) is 19.3. The lowest BCUT2D eigenvalue weighted by molar-refractivity contribution is -0.164. The molecule has 0 aliphatic carbocycles. The van der Waals surface area contributed by atoms with Crippen molar-refractivity contribution in [3.63, 3.8) is 0 Å². The van der Waals surface area contributed by atoms with Crippen LogP contribution in [0.4, 0.5) is 18.0 Å². The molecule has 5 nitrogen and oxygen atoms in total. The lowest BCUT2D eigenvalue weighted by Crippen LogP contribution is -2.48. The summed E-state index contributed by atoms with van der Waals surface area (Å²) in [6, 6.07) is 0. The minimum atomic E-state index is -4.42. The summed E-state index contributed by atoms with van der Waals surface area (Å²) in [6.07, 6.45) is -3.86. The highest BCUT2D eigenvalue weighted by atomic mass is 19.4. The number of carbonyl (C=O) groups excluding carboxylic acids is 2. The van der Waals surface area contributed by atoms with E-state index in [0.29, 0.717) is 19.4 Å². The number of halogens is 3. The molecule has 0 saturated carbocycles. The molecule has 8 heteroatoms. The Morgan fingerprint density at radius 3 is 2.52 bits per heavy atom. The van der Waals surface area contributed by atoms with Crippen LogP contribution in [0.1, 0.15) is 26.7 Å². The summed E-state index contributed by atoms with van der Waals surface area (Å²) in [5.74, 6) is -1.14.